The van der Waals surface area contributed by atoms with Crippen molar-refractivity contribution in [2.75, 3.05) is 0 Å². The summed E-state index contributed by atoms with van der Waals surface area (Å²) in [5.74, 6) is 3.02. The Hall–Kier alpha value is 0. The first kappa shape index (κ1) is 11.1. The average Bonchev–Trinajstić information content (AvgIpc) is 2.15. The van der Waals surface area contributed by atoms with Gasteiger partial charge in [0.15, 0.2) is 0 Å². The molecule has 0 aromatic rings. The molecule has 0 spiro atoms. The molecule has 78 valence electrons. The molecule has 2 unspecified atom stereocenters. The zero-order valence-electron chi connectivity index (χ0n) is 9.68. The van der Waals surface area contributed by atoms with E-state index in [1.54, 1.807) is 0 Å². The van der Waals surface area contributed by atoms with Gasteiger partial charge in [-0.2, -0.15) is 0 Å². The summed E-state index contributed by atoms with van der Waals surface area (Å²) >= 11 is 0. The van der Waals surface area contributed by atoms with Crippen LogP contribution in [0.2, 0.25) is 0 Å². The van der Waals surface area contributed by atoms with Gasteiger partial charge in [-0.25, -0.2) is 0 Å². The lowest BCUT2D eigenvalue weighted by atomic mass is 9.72. The second-order valence-corrected chi connectivity index (χ2v) is 5.09. The van der Waals surface area contributed by atoms with E-state index < -0.39 is 0 Å². The molecular formula is C13H26. The summed E-state index contributed by atoms with van der Waals surface area (Å²) in [5, 5.41) is 0. The van der Waals surface area contributed by atoms with E-state index >= 15 is 0 Å². The molecule has 0 aromatic heterocycles. The van der Waals surface area contributed by atoms with Crippen molar-refractivity contribution < 1.29 is 0 Å². The first-order chi connectivity index (χ1) is 6.25. The second kappa shape index (κ2) is 5.67. The van der Waals surface area contributed by atoms with Crippen LogP contribution in [0.25, 0.3) is 0 Å². The third kappa shape index (κ3) is 3.32. The van der Waals surface area contributed by atoms with E-state index in [4.69, 9.17) is 0 Å². The van der Waals surface area contributed by atoms with Crippen LogP contribution in [-0.4, -0.2) is 0 Å². The highest BCUT2D eigenvalue weighted by molar-refractivity contribution is 4.77. The van der Waals surface area contributed by atoms with Crippen LogP contribution in [0.1, 0.15) is 65.7 Å². The molecule has 1 fully saturated rings. The second-order valence-electron chi connectivity index (χ2n) is 5.09. The van der Waals surface area contributed by atoms with Gasteiger partial charge in [0.1, 0.15) is 0 Å². The van der Waals surface area contributed by atoms with Crippen molar-refractivity contribution >= 4 is 0 Å². The number of hydrogen-bond donors (Lipinski definition) is 0. The van der Waals surface area contributed by atoms with Gasteiger partial charge in [0, 0.05) is 0 Å². The molecule has 1 rings (SSSR count). The predicted octanol–water partition coefficient (Wildman–Crippen LogP) is 4.64. The van der Waals surface area contributed by atoms with Crippen LogP contribution in [0.4, 0.5) is 0 Å². The van der Waals surface area contributed by atoms with Crippen LogP contribution in [0, 0.1) is 17.8 Å². The highest BCUT2D eigenvalue weighted by Gasteiger charge is 2.26. The molecule has 0 amide bonds. The van der Waals surface area contributed by atoms with Crippen LogP contribution in [0.5, 0.6) is 0 Å². The van der Waals surface area contributed by atoms with E-state index in [-0.39, 0.29) is 0 Å². The summed E-state index contributed by atoms with van der Waals surface area (Å²) in [6, 6.07) is 0. The maximum absolute atomic E-state index is 2.41. The lowest BCUT2D eigenvalue weighted by Gasteiger charge is -2.34. The smallest absolute Gasteiger partial charge is 0.0363 e. The molecule has 0 heterocycles. The third-order valence-electron chi connectivity index (χ3n) is 3.75. The molecule has 0 saturated heterocycles. The van der Waals surface area contributed by atoms with Gasteiger partial charge in [-0.05, 0) is 24.2 Å². The van der Waals surface area contributed by atoms with E-state index in [2.05, 4.69) is 20.8 Å². The summed E-state index contributed by atoms with van der Waals surface area (Å²) in [4.78, 5) is 0. The van der Waals surface area contributed by atoms with E-state index in [0.29, 0.717) is 0 Å². The van der Waals surface area contributed by atoms with Gasteiger partial charge in [0.25, 0.3) is 0 Å². The SMILES string of the molecule is CCCCC1CCCCC1C(C)C. The van der Waals surface area contributed by atoms with E-state index in [1.165, 1.54) is 44.9 Å². The predicted molar refractivity (Wildman–Crippen MR) is 59.8 cm³/mol. The molecule has 0 N–H and O–H groups in total. The van der Waals surface area contributed by atoms with Gasteiger partial charge in [-0.1, -0.05) is 59.3 Å². The molecule has 0 aromatic carbocycles. The molecule has 0 radical (unpaired) electrons. The van der Waals surface area contributed by atoms with Crippen LogP contribution < -0.4 is 0 Å². The standard InChI is InChI=1S/C13H26/c1-4-5-8-12-9-6-7-10-13(12)11(2)3/h11-13H,4-10H2,1-3H3. The Morgan fingerprint density at radius 1 is 1.15 bits per heavy atom. The largest absolute Gasteiger partial charge is 0.0654 e. The first-order valence-corrected chi connectivity index (χ1v) is 6.25. The van der Waals surface area contributed by atoms with Crippen LogP contribution in [0.15, 0.2) is 0 Å². The van der Waals surface area contributed by atoms with E-state index in [1.807, 2.05) is 0 Å². The van der Waals surface area contributed by atoms with Crippen LogP contribution >= 0.6 is 0 Å². The molecule has 2 atom stereocenters. The summed E-state index contributed by atoms with van der Waals surface area (Å²) in [5.41, 5.74) is 0. The molecular weight excluding hydrogens is 156 g/mol. The Kier molecular flexibility index (Phi) is 4.83. The van der Waals surface area contributed by atoms with E-state index in [9.17, 15) is 0 Å². The topological polar surface area (TPSA) is 0 Å². The Morgan fingerprint density at radius 2 is 1.85 bits per heavy atom. The molecule has 1 aliphatic rings. The normalized spacial score (nSPS) is 29.5. The summed E-state index contributed by atoms with van der Waals surface area (Å²) in [7, 11) is 0. The minimum Gasteiger partial charge on any atom is -0.0654 e. The Morgan fingerprint density at radius 3 is 2.46 bits per heavy atom. The number of unbranched alkanes of at least 4 members (excludes halogenated alkanes) is 1. The monoisotopic (exact) mass is 182 g/mol. The maximum Gasteiger partial charge on any atom is -0.0363 e. The van der Waals surface area contributed by atoms with Gasteiger partial charge in [0.05, 0.1) is 0 Å². The minimum absolute atomic E-state index is 0.919. The van der Waals surface area contributed by atoms with Crippen molar-refractivity contribution in [2.24, 2.45) is 17.8 Å². The van der Waals surface area contributed by atoms with Crippen molar-refractivity contribution in [1.29, 1.82) is 0 Å². The summed E-state index contributed by atoms with van der Waals surface area (Å²) in [6.07, 6.45) is 10.3. The third-order valence-corrected chi connectivity index (χ3v) is 3.75. The van der Waals surface area contributed by atoms with Gasteiger partial charge < -0.3 is 0 Å². The Bertz CT molecular complexity index is 126. The molecule has 13 heavy (non-hydrogen) atoms. The molecule has 1 aliphatic carbocycles. The maximum atomic E-state index is 2.41. The van der Waals surface area contributed by atoms with Crippen molar-refractivity contribution in [3.8, 4) is 0 Å². The van der Waals surface area contributed by atoms with Crippen molar-refractivity contribution in [3.05, 3.63) is 0 Å². The highest BCUT2D eigenvalue weighted by atomic mass is 14.3. The molecule has 0 heteroatoms. The van der Waals surface area contributed by atoms with Gasteiger partial charge in [-0.3, -0.25) is 0 Å². The lowest BCUT2D eigenvalue weighted by Crippen LogP contribution is -2.24. The molecule has 0 bridgehead atoms. The lowest BCUT2D eigenvalue weighted by molar-refractivity contribution is 0.168. The van der Waals surface area contributed by atoms with Crippen molar-refractivity contribution in [3.63, 3.8) is 0 Å². The van der Waals surface area contributed by atoms with Crippen LogP contribution in [-0.2, 0) is 0 Å². The van der Waals surface area contributed by atoms with Crippen LogP contribution in [0.3, 0.4) is 0 Å². The van der Waals surface area contributed by atoms with Gasteiger partial charge in [-0.15, -0.1) is 0 Å². The molecule has 0 aliphatic heterocycles. The summed E-state index contributed by atoms with van der Waals surface area (Å²) < 4.78 is 0. The summed E-state index contributed by atoms with van der Waals surface area (Å²) in [6.45, 7) is 7.14. The fraction of sp³-hybridized carbons (Fsp3) is 1.00. The Labute approximate surface area is 84.1 Å². The Balaban J connectivity index is 2.37. The molecule has 0 nitrogen and oxygen atoms in total. The van der Waals surface area contributed by atoms with Crippen molar-refractivity contribution in [2.45, 2.75) is 65.7 Å². The van der Waals surface area contributed by atoms with E-state index in [0.717, 1.165) is 17.8 Å². The zero-order chi connectivity index (χ0) is 9.68. The fourth-order valence-corrected chi connectivity index (χ4v) is 2.94. The quantitative estimate of drug-likeness (QED) is 0.594. The van der Waals surface area contributed by atoms with Crippen molar-refractivity contribution in [1.82, 2.24) is 0 Å². The highest BCUT2D eigenvalue weighted by Crippen LogP contribution is 2.37. The number of hydrogen-bond acceptors (Lipinski definition) is 0. The van der Waals surface area contributed by atoms with Gasteiger partial charge >= 0.3 is 0 Å². The minimum atomic E-state index is 0.919. The van der Waals surface area contributed by atoms with Gasteiger partial charge in [0.2, 0.25) is 0 Å². The number of rotatable bonds is 4. The fourth-order valence-electron chi connectivity index (χ4n) is 2.94. The first-order valence-electron chi connectivity index (χ1n) is 6.25. The molecule has 1 saturated carbocycles. The average molecular weight is 182 g/mol. The zero-order valence-corrected chi connectivity index (χ0v) is 9.68.